The number of rotatable bonds is 8. The molecule has 0 amide bonds. The number of hydrogen-bond acceptors (Lipinski definition) is 10. The van der Waals surface area contributed by atoms with Gasteiger partial charge in [0.2, 0.25) is 5.88 Å². The SMILES string of the molecule is COc1ncnc(C2CC2)c1-c1nc(N(C)Cc2cnc(-c3nc(C(F)(F)F)cn3C(C)C)cn2)c2[nH]cnc2n1. The van der Waals surface area contributed by atoms with Gasteiger partial charge in [-0.2, -0.15) is 13.2 Å². The van der Waals surface area contributed by atoms with Crippen LogP contribution in [0.3, 0.4) is 0 Å². The van der Waals surface area contributed by atoms with Gasteiger partial charge in [-0.3, -0.25) is 4.98 Å². The number of alkyl halides is 3. The highest BCUT2D eigenvalue weighted by Gasteiger charge is 2.36. The van der Waals surface area contributed by atoms with Crippen molar-refractivity contribution in [2.75, 3.05) is 19.1 Å². The fourth-order valence-corrected chi connectivity index (χ4v) is 4.60. The maximum absolute atomic E-state index is 13.3. The van der Waals surface area contributed by atoms with Gasteiger partial charge in [0.15, 0.2) is 28.8 Å². The van der Waals surface area contributed by atoms with E-state index in [-0.39, 0.29) is 17.6 Å². The first kappa shape index (κ1) is 26.5. The van der Waals surface area contributed by atoms with E-state index in [1.54, 1.807) is 27.3 Å². The summed E-state index contributed by atoms with van der Waals surface area (Å²) in [6, 6.07) is -0.251. The van der Waals surface area contributed by atoms with Crippen molar-refractivity contribution in [1.82, 2.24) is 49.4 Å². The molecule has 1 aliphatic carbocycles. The van der Waals surface area contributed by atoms with Crippen LogP contribution < -0.4 is 9.64 Å². The monoisotopic (exact) mass is 565 g/mol. The molecular formula is C26H26F3N11O. The number of nitrogens with zero attached hydrogens (tertiary/aromatic N) is 10. The molecule has 212 valence electrons. The highest BCUT2D eigenvalue weighted by atomic mass is 19.4. The average Bonchev–Trinajstić information content (AvgIpc) is 3.49. The molecule has 5 heterocycles. The van der Waals surface area contributed by atoms with E-state index in [9.17, 15) is 13.2 Å². The zero-order valence-electron chi connectivity index (χ0n) is 22.7. The van der Waals surface area contributed by atoms with E-state index in [2.05, 4.69) is 39.9 Å². The molecule has 0 radical (unpaired) electrons. The molecule has 5 aromatic rings. The van der Waals surface area contributed by atoms with Crippen LogP contribution in [0.15, 0.2) is 31.2 Å². The second kappa shape index (κ2) is 10.1. The lowest BCUT2D eigenvalue weighted by Crippen LogP contribution is -2.20. The van der Waals surface area contributed by atoms with Gasteiger partial charge in [0, 0.05) is 25.2 Å². The number of aromatic nitrogens is 10. The fourth-order valence-electron chi connectivity index (χ4n) is 4.60. The Balaban J connectivity index is 1.32. The van der Waals surface area contributed by atoms with Gasteiger partial charge < -0.3 is 19.2 Å². The number of fused-ring (bicyclic) bond motifs is 1. The molecule has 0 aliphatic heterocycles. The fraction of sp³-hybridized carbons (Fsp3) is 0.385. The summed E-state index contributed by atoms with van der Waals surface area (Å²) in [7, 11) is 3.38. The van der Waals surface area contributed by atoms with Gasteiger partial charge in [0.1, 0.15) is 23.1 Å². The summed E-state index contributed by atoms with van der Waals surface area (Å²) < 4.78 is 46.9. The van der Waals surface area contributed by atoms with Crippen molar-refractivity contribution in [2.24, 2.45) is 0 Å². The third-order valence-electron chi connectivity index (χ3n) is 6.76. The molecular weight excluding hydrogens is 539 g/mol. The largest absolute Gasteiger partial charge is 0.480 e. The minimum absolute atomic E-state index is 0.102. The Hall–Kier alpha value is -4.69. The Morgan fingerprint density at radius 3 is 2.54 bits per heavy atom. The lowest BCUT2D eigenvalue weighted by molar-refractivity contribution is -0.140. The number of ether oxygens (including phenoxy) is 1. The molecule has 0 aromatic carbocycles. The molecule has 0 spiro atoms. The number of nitrogens with one attached hydrogen (secondary N) is 1. The molecule has 1 N–H and O–H groups in total. The Morgan fingerprint density at radius 2 is 1.88 bits per heavy atom. The summed E-state index contributed by atoms with van der Waals surface area (Å²) in [6.07, 6.45) is 4.45. The van der Waals surface area contributed by atoms with Crippen molar-refractivity contribution in [1.29, 1.82) is 0 Å². The second-order valence-electron chi connectivity index (χ2n) is 10.1. The van der Waals surface area contributed by atoms with Crippen LogP contribution in [-0.2, 0) is 12.7 Å². The molecule has 0 unspecified atom stereocenters. The van der Waals surface area contributed by atoms with Crippen LogP contribution in [0.1, 0.15) is 55.7 Å². The van der Waals surface area contributed by atoms with Crippen molar-refractivity contribution < 1.29 is 17.9 Å². The van der Waals surface area contributed by atoms with E-state index in [1.807, 2.05) is 11.9 Å². The van der Waals surface area contributed by atoms with Crippen LogP contribution in [0.25, 0.3) is 34.1 Å². The molecule has 15 heteroatoms. The molecule has 0 bridgehead atoms. The van der Waals surface area contributed by atoms with Crippen LogP contribution in [0.4, 0.5) is 19.0 Å². The third-order valence-corrected chi connectivity index (χ3v) is 6.76. The Kier molecular flexibility index (Phi) is 6.50. The zero-order valence-corrected chi connectivity index (χ0v) is 22.7. The van der Waals surface area contributed by atoms with E-state index in [0.717, 1.165) is 24.7 Å². The quantitative estimate of drug-likeness (QED) is 0.285. The van der Waals surface area contributed by atoms with Crippen LogP contribution in [0.2, 0.25) is 0 Å². The predicted molar refractivity (Wildman–Crippen MR) is 142 cm³/mol. The van der Waals surface area contributed by atoms with Crippen LogP contribution in [-0.4, -0.2) is 63.6 Å². The average molecular weight is 566 g/mol. The summed E-state index contributed by atoms with van der Waals surface area (Å²) in [5, 5.41) is 0. The van der Waals surface area contributed by atoms with Gasteiger partial charge in [-0.25, -0.2) is 34.9 Å². The van der Waals surface area contributed by atoms with Gasteiger partial charge in [-0.15, -0.1) is 0 Å². The van der Waals surface area contributed by atoms with Crippen molar-refractivity contribution in [3.8, 4) is 28.8 Å². The minimum Gasteiger partial charge on any atom is -0.480 e. The zero-order chi connectivity index (χ0) is 28.9. The Morgan fingerprint density at radius 1 is 1.07 bits per heavy atom. The van der Waals surface area contributed by atoms with Gasteiger partial charge >= 0.3 is 6.18 Å². The van der Waals surface area contributed by atoms with E-state index in [4.69, 9.17) is 9.72 Å². The van der Waals surface area contributed by atoms with E-state index >= 15 is 0 Å². The molecule has 1 saturated carbocycles. The molecule has 0 atom stereocenters. The molecule has 1 aliphatic rings. The molecule has 0 saturated heterocycles. The van der Waals surface area contributed by atoms with Crippen molar-refractivity contribution in [3.05, 3.63) is 48.3 Å². The number of H-pyrrole nitrogens is 1. The number of imidazole rings is 2. The predicted octanol–water partition coefficient (Wildman–Crippen LogP) is 4.59. The van der Waals surface area contributed by atoms with E-state index < -0.39 is 11.9 Å². The molecule has 41 heavy (non-hydrogen) atoms. The summed E-state index contributed by atoms with van der Waals surface area (Å²) in [5.74, 6) is 1.75. The highest BCUT2D eigenvalue weighted by molar-refractivity contribution is 5.85. The van der Waals surface area contributed by atoms with E-state index in [0.29, 0.717) is 52.4 Å². The Labute approximate surface area is 232 Å². The van der Waals surface area contributed by atoms with Crippen molar-refractivity contribution in [3.63, 3.8) is 0 Å². The van der Waals surface area contributed by atoms with E-state index in [1.165, 1.54) is 23.3 Å². The minimum atomic E-state index is -4.56. The number of halogens is 3. The van der Waals surface area contributed by atoms with Crippen LogP contribution >= 0.6 is 0 Å². The normalized spacial score (nSPS) is 13.8. The summed E-state index contributed by atoms with van der Waals surface area (Å²) in [6.45, 7) is 3.85. The molecule has 12 nitrogen and oxygen atoms in total. The third kappa shape index (κ3) is 5.02. The van der Waals surface area contributed by atoms with Crippen molar-refractivity contribution >= 4 is 17.0 Å². The number of anilines is 1. The second-order valence-corrected chi connectivity index (χ2v) is 10.1. The van der Waals surface area contributed by atoms with Crippen molar-refractivity contribution in [2.45, 2.75) is 51.4 Å². The lowest BCUT2D eigenvalue weighted by atomic mass is 10.1. The lowest BCUT2D eigenvalue weighted by Gasteiger charge is -2.19. The first-order valence-corrected chi connectivity index (χ1v) is 12.9. The smallest absolute Gasteiger partial charge is 0.434 e. The topological polar surface area (TPSA) is 136 Å². The number of aromatic amines is 1. The molecule has 1 fully saturated rings. The maximum atomic E-state index is 13.3. The summed E-state index contributed by atoms with van der Waals surface area (Å²) >= 11 is 0. The van der Waals surface area contributed by atoms with Gasteiger partial charge in [-0.1, -0.05) is 0 Å². The Bertz CT molecular complexity index is 1710. The summed E-state index contributed by atoms with van der Waals surface area (Å²) in [4.78, 5) is 40.3. The van der Waals surface area contributed by atoms with Gasteiger partial charge in [-0.05, 0) is 26.7 Å². The van der Waals surface area contributed by atoms with Gasteiger partial charge in [0.25, 0.3) is 0 Å². The van der Waals surface area contributed by atoms with Crippen LogP contribution in [0, 0.1) is 0 Å². The molecule has 6 rings (SSSR count). The standard InChI is InChI=1S/C26H26F3N11O/c1-13(2)40-10-17(26(27,28)29)36-23(40)16-8-30-15(7-31-16)9-39(3)24-20-22(34-11-33-20)37-21(38-24)18-19(14-5-6-14)32-12-35-25(18)41-4/h7-8,10-14H,5-6,9H2,1-4H3,(H,33,34,37,38). The number of hydrogen-bond donors (Lipinski definition) is 1. The summed E-state index contributed by atoms with van der Waals surface area (Å²) in [5.41, 5.74) is 2.41. The van der Waals surface area contributed by atoms with Gasteiger partial charge in [0.05, 0.1) is 43.8 Å². The van der Waals surface area contributed by atoms with Crippen LogP contribution in [0.5, 0.6) is 5.88 Å². The molecule has 5 aromatic heterocycles. The first-order chi connectivity index (χ1) is 19.6. The number of methoxy groups -OCH3 is 1. The highest BCUT2D eigenvalue weighted by Crippen LogP contribution is 2.45. The maximum Gasteiger partial charge on any atom is 0.434 e. The first-order valence-electron chi connectivity index (χ1n) is 12.9.